The molecule has 2 heterocycles. The first-order valence-corrected chi connectivity index (χ1v) is 6.35. The van der Waals surface area contributed by atoms with Crippen LogP contribution in [0.3, 0.4) is 0 Å². The summed E-state index contributed by atoms with van der Waals surface area (Å²) in [6, 6.07) is 6.02. The molecule has 1 aliphatic heterocycles. The van der Waals surface area contributed by atoms with Gasteiger partial charge in [-0.05, 0) is 24.7 Å². The minimum absolute atomic E-state index is 0.304. The smallest absolute Gasteiger partial charge is 0.231 e. The Bertz CT molecular complexity index is 592. The Morgan fingerprint density at radius 2 is 2.16 bits per heavy atom. The molecule has 5 nitrogen and oxygen atoms in total. The average molecular weight is 259 g/mol. The summed E-state index contributed by atoms with van der Waals surface area (Å²) in [7, 11) is 3.89. The van der Waals surface area contributed by atoms with E-state index in [2.05, 4.69) is 10.4 Å². The first-order valence-electron chi connectivity index (χ1n) is 6.35. The maximum atomic E-state index is 5.43. The van der Waals surface area contributed by atoms with Crippen molar-refractivity contribution in [2.45, 2.75) is 6.42 Å². The molecular formula is C14H17N3O2. The standard InChI is InChI=1S/C14H17N3O2/c1-15-6-5-12-11(8-17(2)16-12)10-3-4-13-14(7-10)19-9-18-13/h3-4,7-8,15H,5-6,9H2,1-2H3. The predicted molar refractivity (Wildman–Crippen MR) is 72.4 cm³/mol. The molecule has 0 atom stereocenters. The van der Waals surface area contributed by atoms with Gasteiger partial charge in [-0.3, -0.25) is 4.68 Å². The van der Waals surface area contributed by atoms with Gasteiger partial charge >= 0.3 is 0 Å². The Morgan fingerprint density at radius 3 is 3.00 bits per heavy atom. The van der Waals surface area contributed by atoms with E-state index in [9.17, 15) is 0 Å². The third kappa shape index (κ3) is 2.29. The average Bonchev–Trinajstić information content (AvgIpc) is 3.01. The van der Waals surface area contributed by atoms with Crippen molar-refractivity contribution >= 4 is 0 Å². The van der Waals surface area contributed by atoms with Crippen LogP contribution in [0.2, 0.25) is 0 Å². The lowest BCUT2D eigenvalue weighted by Crippen LogP contribution is -2.11. The second-order valence-electron chi connectivity index (χ2n) is 4.58. The SMILES string of the molecule is CNCCc1nn(C)cc1-c1ccc2c(c1)OCO2. The van der Waals surface area contributed by atoms with Crippen molar-refractivity contribution in [2.24, 2.45) is 7.05 Å². The maximum absolute atomic E-state index is 5.43. The summed E-state index contributed by atoms with van der Waals surface area (Å²) in [6.07, 6.45) is 2.95. The van der Waals surface area contributed by atoms with Crippen LogP contribution in [0.4, 0.5) is 0 Å². The van der Waals surface area contributed by atoms with Gasteiger partial charge in [0.05, 0.1) is 5.69 Å². The molecule has 19 heavy (non-hydrogen) atoms. The quantitative estimate of drug-likeness (QED) is 0.905. The number of likely N-dealkylation sites (N-methyl/N-ethyl adjacent to an activating group) is 1. The monoisotopic (exact) mass is 259 g/mol. The summed E-state index contributed by atoms with van der Waals surface area (Å²) in [4.78, 5) is 0. The number of nitrogens with one attached hydrogen (secondary N) is 1. The third-order valence-electron chi connectivity index (χ3n) is 3.20. The van der Waals surface area contributed by atoms with Crippen LogP contribution in [0.15, 0.2) is 24.4 Å². The zero-order valence-corrected chi connectivity index (χ0v) is 11.1. The number of hydrogen-bond donors (Lipinski definition) is 1. The molecule has 0 fully saturated rings. The van der Waals surface area contributed by atoms with E-state index in [1.165, 1.54) is 0 Å². The molecule has 0 saturated carbocycles. The first kappa shape index (κ1) is 12.0. The highest BCUT2D eigenvalue weighted by Gasteiger charge is 2.16. The predicted octanol–water partition coefficient (Wildman–Crippen LogP) is 1.58. The number of rotatable bonds is 4. The van der Waals surface area contributed by atoms with Gasteiger partial charge in [0, 0.05) is 31.8 Å². The number of nitrogens with zero attached hydrogens (tertiary/aromatic N) is 2. The van der Waals surface area contributed by atoms with E-state index in [1.54, 1.807) is 0 Å². The van der Waals surface area contributed by atoms with Crippen LogP contribution in [0, 0.1) is 0 Å². The van der Waals surface area contributed by atoms with Crippen molar-refractivity contribution in [3.05, 3.63) is 30.1 Å². The van der Waals surface area contributed by atoms with E-state index in [0.29, 0.717) is 6.79 Å². The molecule has 0 spiro atoms. The van der Waals surface area contributed by atoms with Crippen LogP contribution < -0.4 is 14.8 Å². The van der Waals surface area contributed by atoms with Crippen LogP contribution in [-0.2, 0) is 13.5 Å². The number of fused-ring (bicyclic) bond motifs is 1. The van der Waals surface area contributed by atoms with E-state index in [-0.39, 0.29) is 0 Å². The molecule has 1 aromatic carbocycles. The lowest BCUT2D eigenvalue weighted by atomic mass is 10.0. The Morgan fingerprint density at radius 1 is 1.32 bits per heavy atom. The Kier molecular flexibility index (Phi) is 3.13. The molecule has 0 amide bonds. The zero-order chi connectivity index (χ0) is 13.2. The highest BCUT2D eigenvalue weighted by molar-refractivity contribution is 5.69. The lowest BCUT2D eigenvalue weighted by molar-refractivity contribution is 0.174. The van der Waals surface area contributed by atoms with Gasteiger partial charge in [0.25, 0.3) is 0 Å². The van der Waals surface area contributed by atoms with E-state index >= 15 is 0 Å². The molecule has 100 valence electrons. The molecule has 0 saturated heterocycles. The van der Waals surface area contributed by atoms with Crippen molar-refractivity contribution in [3.63, 3.8) is 0 Å². The minimum Gasteiger partial charge on any atom is -0.454 e. The molecular weight excluding hydrogens is 242 g/mol. The van der Waals surface area contributed by atoms with Crippen molar-refractivity contribution < 1.29 is 9.47 Å². The zero-order valence-electron chi connectivity index (χ0n) is 11.1. The largest absolute Gasteiger partial charge is 0.454 e. The molecule has 2 aromatic rings. The van der Waals surface area contributed by atoms with Gasteiger partial charge in [-0.25, -0.2) is 0 Å². The molecule has 1 aliphatic rings. The van der Waals surface area contributed by atoms with Gasteiger partial charge in [-0.1, -0.05) is 6.07 Å². The highest BCUT2D eigenvalue weighted by Crippen LogP contribution is 2.36. The summed E-state index contributed by atoms with van der Waals surface area (Å²) in [6.45, 7) is 1.22. The third-order valence-corrected chi connectivity index (χ3v) is 3.20. The maximum Gasteiger partial charge on any atom is 0.231 e. The van der Waals surface area contributed by atoms with Crippen LogP contribution in [0.5, 0.6) is 11.5 Å². The van der Waals surface area contributed by atoms with E-state index < -0.39 is 0 Å². The lowest BCUT2D eigenvalue weighted by Gasteiger charge is -2.04. The first-order chi connectivity index (χ1) is 9.28. The highest BCUT2D eigenvalue weighted by atomic mass is 16.7. The summed E-state index contributed by atoms with van der Waals surface area (Å²) < 4.78 is 12.6. The van der Waals surface area contributed by atoms with Crippen LogP contribution in [0.1, 0.15) is 5.69 Å². The van der Waals surface area contributed by atoms with Gasteiger partial charge in [0.2, 0.25) is 6.79 Å². The summed E-state index contributed by atoms with van der Waals surface area (Å²) in [5.74, 6) is 1.62. The normalized spacial score (nSPS) is 12.9. The van der Waals surface area contributed by atoms with Gasteiger partial charge in [0.1, 0.15) is 0 Å². The fourth-order valence-electron chi connectivity index (χ4n) is 2.27. The number of aromatic nitrogens is 2. The molecule has 0 radical (unpaired) electrons. The molecule has 0 unspecified atom stereocenters. The Balaban J connectivity index is 1.97. The molecule has 1 aromatic heterocycles. The molecule has 5 heteroatoms. The number of benzene rings is 1. The molecule has 0 bridgehead atoms. The molecule has 0 aliphatic carbocycles. The van der Waals surface area contributed by atoms with Gasteiger partial charge < -0.3 is 14.8 Å². The number of ether oxygens (including phenoxy) is 2. The number of hydrogen-bond acceptors (Lipinski definition) is 4. The van der Waals surface area contributed by atoms with Gasteiger partial charge in [-0.15, -0.1) is 0 Å². The fraction of sp³-hybridized carbons (Fsp3) is 0.357. The van der Waals surface area contributed by atoms with Crippen molar-refractivity contribution in [1.82, 2.24) is 15.1 Å². The Labute approximate surface area is 112 Å². The van der Waals surface area contributed by atoms with Crippen LogP contribution in [0.25, 0.3) is 11.1 Å². The summed E-state index contributed by atoms with van der Waals surface area (Å²) in [5.41, 5.74) is 3.36. The summed E-state index contributed by atoms with van der Waals surface area (Å²) in [5, 5.41) is 7.67. The fourth-order valence-corrected chi connectivity index (χ4v) is 2.27. The second-order valence-corrected chi connectivity index (χ2v) is 4.58. The van der Waals surface area contributed by atoms with E-state index in [1.807, 2.05) is 43.2 Å². The Hall–Kier alpha value is -2.01. The molecule has 1 N–H and O–H groups in total. The van der Waals surface area contributed by atoms with Crippen LogP contribution in [-0.4, -0.2) is 30.2 Å². The summed E-state index contributed by atoms with van der Waals surface area (Å²) >= 11 is 0. The van der Waals surface area contributed by atoms with Crippen molar-refractivity contribution in [1.29, 1.82) is 0 Å². The molecule has 3 rings (SSSR count). The van der Waals surface area contributed by atoms with Crippen molar-refractivity contribution in [2.75, 3.05) is 20.4 Å². The van der Waals surface area contributed by atoms with Gasteiger partial charge in [0.15, 0.2) is 11.5 Å². The minimum atomic E-state index is 0.304. The number of aryl methyl sites for hydroxylation is 1. The van der Waals surface area contributed by atoms with E-state index in [4.69, 9.17) is 9.47 Å². The van der Waals surface area contributed by atoms with Crippen molar-refractivity contribution in [3.8, 4) is 22.6 Å². The van der Waals surface area contributed by atoms with E-state index in [0.717, 1.165) is 41.3 Å². The second kappa shape index (κ2) is 4.93. The van der Waals surface area contributed by atoms with Gasteiger partial charge in [-0.2, -0.15) is 5.10 Å². The van der Waals surface area contributed by atoms with Crippen LogP contribution >= 0.6 is 0 Å². The topological polar surface area (TPSA) is 48.3 Å².